The third kappa shape index (κ3) is 2.48. The number of rotatable bonds is 5. The predicted molar refractivity (Wildman–Crippen MR) is 71.3 cm³/mol. The molecule has 0 atom stereocenters. The lowest BCUT2D eigenvalue weighted by atomic mass is 10.2. The second-order valence-electron chi connectivity index (χ2n) is 4.24. The fourth-order valence-electron chi connectivity index (χ4n) is 1.63. The second kappa shape index (κ2) is 4.97. The molecule has 0 amide bonds. The van der Waals surface area contributed by atoms with E-state index < -0.39 is 5.97 Å². The fourth-order valence-corrected chi connectivity index (χ4v) is 2.71. The SMILES string of the molecule is CCOC(=O)c1c(NC2CC2)sc(C(C)=O)c1N. The molecule has 0 saturated heterocycles. The zero-order valence-electron chi connectivity index (χ0n) is 10.4. The Balaban J connectivity index is 2.38. The number of hydrogen-bond donors (Lipinski definition) is 2. The summed E-state index contributed by atoms with van der Waals surface area (Å²) < 4.78 is 4.98. The largest absolute Gasteiger partial charge is 0.462 e. The first kappa shape index (κ1) is 12.9. The summed E-state index contributed by atoms with van der Waals surface area (Å²) in [4.78, 5) is 23.8. The maximum atomic E-state index is 11.9. The van der Waals surface area contributed by atoms with Gasteiger partial charge in [0.15, 0.2) is 5.78 Å². The van der Waals surface area contributed by atoms with Crippen LogP contribution in [0, 0.1) is 0 Å². The molecule has 6 heteroatoms. The van der Waals surface area contributed by atoms with Gasteiger partial charge in [0, 0.05) is 13.0 Å². The minimum absolute atomic E-state index is 0.133. The van der Waals surface area contributed by atoms with Crippen molar-refractivity contribution in [3.05, 3.63) is 10.4 Å². The van der Waals surface area contributed by atoms with Crippen LogP contribution in [0.15, 0.2) is 0 Å². The lowest BCUT2D eigenvalue weighted by molar-refractivity contribution is 0.0529. The highest BCUT2D eigenvalue weighted by Gasteiger charge is 2.29. The molecule has 0 aromatic carbocycles. The van der Waals surface area contributed by atoms with Crippen LogP contribution < -0.4 is 11.1 Å². The van der Waals surface area contributed by atoms with Gasteiger partial charge in [-0.05, 0) is 19.8 Å². The third-order valence-electron chi connectivity index (χ3n) is 2.66. The highest BCUT2D eigenvalue weighted by molar-refractivity contribution is 7.19. The van der Waals surface area contributed by atoms with Gasteiger partial charge < -0.3 is 15.8 Å². The Bertz CT molecular complexity index is 492. The van der Waals surface area contributed by atoms with Crippen LogP contribution in [0.5, 0.6) is 0 Å². The Hall–Kier alpha value is -1.56. The van der Waals surface area contributed by atoms with Crippen molar-refractivity contribution in [1.29, 1.82) is 0 Å². The Morgan fingerprint density at radius 2 is 2.17 bits per heavy atom. The van der Waals surface area contributed by atoms with E-state index in [2.05, 4.69) is 5.32 Å². The van der Waals surface area contributed by atoms with Gasteiger partial charge in [-0.2, -0.15) is 0 Å². The van der Waals surface area contributed by atoms with E-state index in [0.717, 1.165) is 12.8 Å². The Kier molecular flexibility index (Phi) is 3.56. The Morgan fingerprint density at radius 1 is 1.50 bits per heavy atom. The van der Waals surface area contributed by atoms with Gasteiger partial charge in [-0.25, -0.2) is 4.79 Å². The number of carbonyl (C=O) groups excluding carboxylic acids is 2. The fraction of sp³-hybridized carbons (Fsp3) is 0.500. The zero-order chi connectivity index (χ0) is 13.3. The van der Waals surface area contributed by atoms with Crippen LogP contribution in [0.3, 0.4) is 0 Å². The Labute approximate surface area is 109 Å². The van der Waals surface area contributed by atoms with Gasteiger partial charge in [-0.3, -0.25) is 4.79 Å². The number of anilines is 2. The molecule has 3 N–H and O–H groups in total. The van der Waals surface area contributed by atoms with Crippen molar-refractivity contribution in [2.75, 3.05) is 17.7 Å². The van der Waals surface area contributed by atoms with Crippen LogP contribution in [0.25, 0.3) is 0 Å². The number of nitrogens with two attached hydrogens (primary N) is 1. The molecule has 0 aliphatic heterocycles. The van der Waals surface area contributed by atoms with E-state index in [9.17, 15) is 9.59 Å². The van der Waals surface area contributed by atoms with Crippen LogP contribution in [-0.2, 0) is 4.74 Å². The molecule has 5 nitrogen and oxygen atoms in total. The topological polar surface area (TPSA) is 81.4 Å². The molecule has 1 aliphatic carbocycles. The molecule has 0 spiro atoms. The van der Waals surface area contributed by atoms with Gasteiger partial charge in [-0.1, -0.05) is 0 Å². The molecule has 0 bridgehead atoms. The normalized spacial score (nSPS) is 14.3. The first-order valence-corrected chi connectivity index (χ1v) is 6.73. The van der Waals surface area contributed by atoms with Crippen LogP contribution in [0.1, 0.15) is 46.7 Å². The van der Waals surface area contributed by atoms with Gasteiger partial charge in [0.2, 0.25) is 0 Å². The molecular formula is C12H16N2O3S. The summed E-state index contributed by atoms with van der Waals surface area (Å²) in [5.74, 6) is -0.603. The van der Waals surface area contributed by atoms with Crippen LogP contribution >= 0.6 is 11.3 Å². The second-order valence-corrected chi connectivity index (χ2v) is 5.26. The summed E-state index contributed by atoms with van der Waals surface area (Å²) in [5.41, 5.74) is 6.42. The van der Waals surface area contributed by atoms with Crippen molar-refractivity contribution in [2.24, 2.45) is 0 Å². The van der Waals surface area contributed by atoms with E-state index in [1.54, 1.807) is 6.92 Å². The molecule has 2 rings (SSSR count). The number of esters is 1. The molecule has 1 saturated carbocycles. The predicted octanol–water partition coefficient (Wildman–Crippen LogP) is 2.28. The molecule has 1 aromatic heterocycles. The van der Waals surface area contributed by atoms with Crippen LogP contribution in [0.4, 0.5) is 10.7 Å². The molecule has 1 aliphatic rings. The van der Waals surface area contributed by atoms with Crippen molar-refractivity contribution < 1.29 is 14.3 Å². The lowest BCUT2D eigenvalue weighted by Crippen LogP contribution is -2.11. The van der Waals surface area contributed by atoms with Gasteiger partial charge in [-0.15, -0.1) is 11.3 Å². The summed E-state index contributed by atoms with van der Waals surface area (Å²) in [7, 11) is 0. The highest BCUT2D eigenvalue weighted by Crippen LogP contribution is 2.39. The van der Waals surface area contributed by atoms with Crippen molar-refractivity contribution in [1.82, 2.24) is 0 Å². The summed E-state index contributed by atoms with van der Waals surface area (Å²) in [6.45, 7) is 3.46. The van der Waals surface area contributed by atoms with E-state index in [4.69, 9.17) is 10.5 Å². The average molecular weight is 268 g/mol. The minimum Gasteiger partial charge on any atom is -0.462 e. The number of carbonyl (C=O) groups is 2. The summed E-state index contributed by atoms with van der Waals surface area (Å²) >= 11 is 1.23. The molecule has 1 aromatic rings. The first-order valence-electron chi connectivity index (χ1n) is 5.91. The van der Waals surface area contributed by atoms with Crippen molar-refractivity contribution in [3.63, 3.8) is 0 Å². The van der Waals surface area contributed by atoms with E-state index in [0.29, 0.717) is 21.5 Å². The van der Waals surface area contributed by atoms with Crippen LogP contribution in [0.2, 0.25) is 0 Å². The lowest BCUT2D eigenvalue weighted by Gasteiger charge is -2.06. The van der Waals surface area contributed by atoms with Crippen molar-refractivity contribution in [2.45, 2.75) is 32.7 Å². The molecule has 0 radical (unpaired) electrons. The van der Waals surface area contributed by atoms with E-state index >= 15 is 0 Å². The molecule has 18 heavy (non-hydrogen) atoms. The quantitative estimate of drug-likeness (QED) is 0.632. The number of thiophene rings is 1. The number of ketones is 1. The first-order chi connectivity index (χ1) is 8.54. The highest BCUT2D eigenvalue weighted by atomic mass is 32.1. The zero-order valence-corrected chi connectivity index (χ0v) is 11.2. The Morgan fingerprint density at radius 3 is 2.67 bits per heavy atom. The van der Waals surface area contributed by atoms with Gasteiger partial charge in [0.25, 0.3) is 0 Å². The third-order valence-corrected chi connectivity index (χ3v) is 3.89. The van der Waals surface area contributed by atoms with Crippen molar-refractivity contribution >= 4 is 33.8 Å². The molecule has 98 valence electrons. The average Bonchev–Trinajstić information content (AvgIpc) is 3.02. The summed E-state index contributed by atoms with van der Waals surface area (Å²) in [6, 6.07) is 0.385. The number of nitrogen functional groups attached to an aromatic ring is 1. The van der Waals surface area contributed by atoms with E-state index in [-0.39, 0.29) is 18.1 Å². The number of hydrogen-bond acceptors (Lipinski definition) is 6. The van der Waals surface area contributed by atoms with Gasteiger partial charge in [0.05, 0.1) is 17.2 Å². The number of ether oxygens (including phenoxy) is 1. The number of Topliss-reactive ketones (excluding diaryl/α,β-unsaturated/α-hetero) is 1. The summed E-state index contributed by atoms with van der Waals surface area (Å²) in [6.07, 6.45) is 2.16. The standard InChI is InChI=1S/C12H16N2O3S/c1-3-17-12(16)8-9(13)10(6(2)15)18-11(8)14-7-4-5-7/h7,14H,3-5,13H2,1-2H3. The molecule has 1 fully saturated rings. The maximum absolute atomic E-state index is 11.9. The van der Waals surface area contributed by atoms with E-state index in [1.807, 2.05) is 0 Å². The van der Waals surface area contributed by atoms with Gasteiger partial charge >= 0.3 is 5.97 Å². The van der Waals surface area contributed by atoms with Crippen molar-refractivity contribution in [3.8, 4) is 0 Å². The monoisotopic (exact) mass is 268 g/mol. The number of nitrogens with one attached hydrogen (secondary N) is 1. The molecular weight excluding hydrogens is 252 g/mol. The smallest absolute Gasteiger partial charge is 0.343 e. The summed E-state index contributed by atoms with van der Waals surface area (Å²) in [5, 5.41) is 3.88. The minimum atomic E-state index is -0.470. The van der Waals surface area contributed by atoms with Gasteiger partial charge in [0.1, 0.15) is 10.6 Å². The van der Waals surface area contributed by atoms with Crippen LogP contribution in [-0.4, -0.2) is 24.4 Å². The molecule has 1 heterocycles. The van der Waals surface area contributed by atoms with E-state index in [1.165, 1.54) is 18.3 Å². The molecule has 0 unspecified atom stereocenters. The maximum Gasteiger partial charge on any atom is 0.343 e.